The predicted molar refractivity (Wildman–Crippen MR) is 85.1 cm³/mol. The third-order valence-corrected chi connectivity index (χ3v) is 5.51. The van der Waals surface area contributed by atoms with Crippen LogP contribution in [0, 0.1) is 11.3 Å². The van der Waals surface area contributed by atoms with E-state index in [1.165, 1.54) is 64.7 Å². The fraction of sp³-hybridized carbons (Fsp3) is 1.00. The first-order valence-electron chi connectivity index (χ1n) is 8.63. The Morgan fingerprint density at radius 1 is 1.15 bits per heavy atom. The lowest BCUT2D eigenvalue weighted by Gasteiger charge is -2.44. The number of likely N-dealkylation sites (tertiary alicyclic amines) is 1. The molecule has 20 heavy (non-hydrogen) atoms. The summed E-state index contributed by atoms with van der Waals surface area (Å²) >= 11 is 0. The first kappa shape index (κ1) is 16.3. The number of rotatable bonds is 6. The number of nitrogens with one attached hydrogen (secondary N) is 1. The van der Waals surface area contributed by atoms with Crippen LogP contribution in [-0.2, 0) is 4.74 Å². The minimum Gasteiger partial charge on any atom is -0.381 e. The van der Waals surface area contributed by atoms with Gasteiger partial charge in [0.15, 0.2) is 0 Å². The molecule has 1 saturated heterocycles. The molecule has 0 atom stereocenters. The van der Waals surface area contributed by atoms with Gasteiger partial charge in [0.25, 0.3) is 0 Å². The Morgan fingerprint density at radius 2 is 1.80 bits per heavy atom. The van der Waals surface area contributed by atoms with Gasteiger partial charge in [0, 0.05) is 33.3 Å². The maximum Gasteiger partial charge on any atom is 0.0595 e. The molecular formula is C17H34N2O. The molecule has 1 aliphatic carbocycles. The maximum absolute atomic E-state index is 5.49. The van der Waals surface area contributed by atoms with Gasteiger partial charge >= 0.3 is 0 Å². The summed E-state index contributed by atoms with van der Waals surface area (Å²) in [7, 11) is 1.86. The summed E-state index contributed by atoms with van der Waals surface area (Å²) in [5, 5.41) is 3.63. The Bertz CT molecular complexity index is 261. The van der Waals surface area contributed by atoms with Gasteiger partial charge < -0.3 is 15.0 Å². The number of piperidine rings is 1. The number of ether oxygens (including phenoxy) is 1. The Labute approximate surface area is 125 Å². The van der Waals surface area contributed by atoms with Crippen LogP contribution in [0.5, 0.6) is 0 Å². The van der Waals surface area contributed by atoms with Gasteiger partial charge in [-0.1, -0.05) is 26.7 Å². The van der Waals surface area contributed by atoms with Crippen LogP contribution >= 0.6 is 0 Å². The molecule has 2 rings (SSSR count). The highest BCUT2D eigenvalue weighted by atomic mass is 16.5. The zero-order valence-corrected chi connectivity index (χ0v) is 13.8. The van der Waals surface area contributed by atoms with Crippen molar-refractivity contribution in [2.75, 3.05) is 39.8 Å². The van der Waals surface area contributed by atoms with Crippen molar-refractivity contribution >= 4 is 0 Å². The number of hydrogen-bond acceptors (Lipinski definition) is 3. The molecule has 0 radical (unpaired) electrons. The van der Waals surface area contributed by atoms with Gasteiger partial charge in [-0.2, -0.15) is 0 Å². The van der Waals surface area contributed by atoms with Crippen molar-refractivity contribution in [2.45, 2.75) is 58.5 Å². The van der Waals surface area contributed by atoms with Gasteiger partial charge in [-0.25, -0.2) is 0 Å². The highest BCUT2D eigenvalue weighted by Crippen LogP contribution is 2.39. The molecule has 3 heteroatoms. The molecule has 1 saturated carbocycles. The molecule has 0 unspecified atom stereocenters. The van der Waals surface area contributed by atoms with E-state index in [9.17, 15) is 0 Å². The topological polar surface area (TPSA) is 24.5 Å². The summed E-state index contributed by atoms with van der Waals surface area (Å²) in [6.45, 7) is 10.7. The van der Waals surface area contributed by atoms with Crippen molar-refractivity contribution in [1.29, 1.82) is 0 Å². The number of methoxy groups -OCH3 is 1. The molecule has 3 nitrogen and oxygen atoms in total. The second-order valence-electron chi connectivity index (χ2n) is 7.17. The summed E-state index contributed by atoms with van der Waals surface area (Å²) in [5.41, 5.74) is 0.530. The molecule has 1 heterocycles. The van der Waals surface area contributed by atoms with E-state index < -0.39 is 0 Å². The fourth-order valence-electron chi connectivity index (χ4n) is 3.93. The highest BCUT2D eigenvalue weighted by molar-refractivity contribution is 4.90. The summed E-state index contributed by atoms with van der Waals surface area (Å²) in [6.07, 6.45) is 8.58. The van der Waals surface area contributed by atoms with Crippen molar-refractivity contribution in [3.05, 3.63) is 0 Å². The summed E-state index contributed by atoms with van der Waals surface area (Å²) in [6, 6.07) is 0. The second-order valence-corrected chi connectivity index (χ2v) is 7.17. The maximum atomic E-state index is 5.49. The van der Waals surface area contributed by atoms with Crippen LogP contribution in [0.1, 0.15) is 52.4 Å². The van der Waals surface area contributed by atoms with E-state index >= 15 is 0 Å². The minimum atomic E-state index is 0.502. The highest BCUT2D eigenvalue weighted by Gasteiger charge is 2.36. The van der Waals surface area contributed by atoms with Crippen molar-refractivity contribution in [1.82, 2.24) is 10.2 Å². The van der Waals surface area contributed by atoms with Crippen LogP contribution in [0.3, 0.4) is 0 Å². The molecule has 1 N–H and O–H groups in total. The molecular weight excluding hydrogens is 248 g/mol. The van der Waals surface area contributed by atoms with E-state index in [0.717, 1.165) is 12.5 Å². The van der Waals surface area contributed by atoms with Crippen molar-refractivity contribution < 1.29 is 4.74 Å². The molecule has 0 aromatic carbocycles. The molecule has 0 bridgehead atoms. The average molecular weight is 282 g/mol. The predicted octanol–water partition coefficient (Wildman–Crippen LogP) is 2.90. The zero-order valence-electron chi connectivity index (χ0n) is 13.8. The van der Waals surface area contributed by atoms with Gasteiger partial charge in [-0.15, -0.1) is 0 Å². The molecule has 1 aliphatic heterocycles. The Hall–Kier alpha value is -0.120. The van der Waals surface area contributed by atoms with E-state index in [1.54, 1.807) is 0 Å². The quantitative estimate of drug-likeness (QED) is 0.811. The molecule has 0 amide bonds. The van der Waals surface area contributed by atoms with E-state index in [0.29, 0.717) is 11.5 Å². The third kappa shape index (κ3) is 4.44. The molecule has 0 spiro atoms. The standard InChI is InChI=1S/C17H34N2O/c1-4-18-13-17(9-5-15(2)6-10-17)14-19-11-7-16(20-3)8-12-19/h15-16,18H,4-14H2,1-3H3. The van der Waals surface area contributed by atoms with Crippen LogP contribution in [0.4, 0.5) is 0 Å². The van der Waals surface area contributed by atoms with Crippen LogP contribution in [0.15, 0.2) is 0 Å². The summed E-state index contributed by atoms with van der Waals surface area (Å²) in [5.74, 6) is 0.934. The van der Waals surface area contributed by atoms with Crippen molar-refractivity contribution in [3.63, 3.8) is 0 Å². The van der Waals surface area contributed by atoms with Crippen molar-refractivity contribution in [2.24, 2.45) is 11.3 Å². The summed E-state index contributed by atoms with van der Waals surface area (Å²) in [4.78, 5) is 2.70. The van der Waals surface area contributed by atoms with E-state index in [1.807, 2.05) is 7.11 Å². The largest absolute Gasteiger partial charge is 0.381 e. The normalized spacial score (nSPS) is 33.5. The van der Waals surface area contributed by atoms with E-state index in [4.69, 9.17) is 4.74 Å². The lowest BCUT2D eigenvalue weighted by Crippen LogP contribution is -2.48. The lowest BCUT2D eigenvalue weighted by atomic mass is 9.70. The number of nitrogens with zero attached hydrogens (tertiary/aromatic N) is 1. The van der Waals surface area contributed by atoms with Crippen LogP contribution in [-0.4, -0.2) is 50.8 Å². The van der Waals surface area contributed by atoms with Crippen LogP contribution in [0.2, 0.25) is 0 Å². The van der Waals surface area contributed by atoms with Crippen molar-refractivity contribution in [3.8, 4) is 0 Å². The molecule has 2 fully saturated rings. The molecule has 0 aromatic rings. The van der Waals surface area contributed by atoms with Crippen LogP contribution < -0.4 is 5.32 Å². The number of hydrogen-bond donors (Lipinski definition) is 1. The Kier molecular flexibility index (Phi) is 6.31. The van der Waals surface area contributed by atoms with Gasteiger partial charge in [0.1, 0.15) is 0 Å². The molecule has 0 aromatic heterocycles. The SMILES string of the molecule is CCNCC1(CN2CCC(OC)CC2)CCC(C)CC1. The third-order valence-electron chi connectivity index (χ3n) is 5.51. The first-order chi connectivity index (χ1) is 9.67. The first-order valence-corrected chi connectivity index (χ1v) is 8.63. The van der Waals surface area contributed by atoms with Gasteiger partial charge in [0.2, 0.25) is 0 Å². The lowest BCUT2D eigenvalue weighted by molar-refractivity contribution is 0.0157. The molecule has 118 valence electrons. The van der Waals surface area contributed by atoms with Gasteiger partial charge in [0.05, 0.1) is 6.10 Å². The van der Waals surface area contributed by atoms with E-state index in [-0.39, 0.29) is 0 Å². The molecule has 2 aliphatic rings. The fourth-order valence-corrected chi connectivity index (χ4v) is 3.93. The minimum absolute atomic E-state index is 0.502. The Morgan fingerprint density at radius 3 is 2.35 bits per heavy atom. The monoisotopic (exact) mass is 282 g/mol. The Balaban J connectivity index is 1.87. The van der Waals surface area contributed by atoms with E-state index in [2.05, 4.69) is 24.1 Å². The van der Waals surface area contributed by atoms with Crippen LogP contribution in [0.25, 0.3) is 0 Å². The average Bonchev–Trinajstić information content (AvgIpc) is 2.49. The zero-order chi connectivity index (χ0) is 14.4. The second kappa shape index (κ2) is 7.77. The van der Waals surface area contributed by atoms with Gasteiger partial charge in [-0.05, 0) is 43.6 Å². The van der Waals surface area contributed by atoms with Gasteiger partial charge in [-0.3, -0.25) is 0 Å². The summed E-state index contributed by atoms with van der Waals surface area (Å²) < 4.78 is 5.49. The smallest absolute Gasteiger partial charge is 0.0595 e.